The summed E-state index contributed by atoms with van der Waals surface area (Å²) in [5.74, 6) is -3.72. The Kier molecular flexibility index (Phi) is 10.8. The second kappa shape index (κ2) is 14.3. The van der Waals surface area contributed by atoms with Crippen molar-refractivity contribution in [2.75, 3.05) is 13.7 Å². The molecule has 0 aliphatic heterocycles. The van der Waals surface area contributed by atoms with Gasteiger partial charge in [-0.05, 0) is 31.2 Å². The Bertz CT molecular complexity index is 1550. The molecule has 0 amide bonds. The minimum atomic E-state index is -1.23. The summed E-state index contributed by atoms with van der Waals surface area (Å²) in [5, 5.41) is 33.3. The molecule has 218 valence electrons. The number of methoxy groups -OCH3 is 1. The maximum atomic E-state index is 11.0. The fraction of sp³-hybridized carbons (Fsp3) is 0.280. The van der Waals surface area contributed by atoms with Gasteiger partial charge in [0.2, 0.25) is 0 Å². The lowest BCUT2D eigenvalue weighted by Crippen LogP contribution is -2.20. The van der Waals surface area contributed by atoms with Crippen molar-refractivity contribution < 1.29 is 57.9 Å². The number of nitrogens with zero attached hydrogens (tertiary/aromatic N) is 2. The van der Waals surface area contributed by atoms with Crippen LogP contribution in [-0.2, 0) is 19.2 Å². The SMILES string of the molecule is CCOc1cccc2nc(SC(CC(=O)O)C(=O)O)oc12.COc1ccc2oc(SC(CC(=O)O)C(=O)O)nc2c1. The normalized spacial score (nSPS) is 12.2. The minimum Gasteiger partial charge on any atom is -0.497 e. The standard InChI is InChI=1S/C13H13NO6S.C12H11NO6S/c1-2-19-8-5-3-4-7-11(8)20-13(14-7)21-9(12(17)18)6-10(15)16;1-18-6-2-3-8-7(4-6)13-12(19-8)20-9(11(16)17)5-10(14)15/h3-5,9H,2,6H2,1H3,(H,15,16)(H,17,18);2-4,9H,5H2,1H3,(H,14,15)(H,16,17). The van der Waals surface area contributed by atoms with Gasteiger partial charge in [-0.25, -0.2) is 9.97 Å². The van der Waals surface area contributed by atoms with Crippen LogP contribution in [0, 0.1) is 0 Å². The zero-order chi connectivity index (χ0) is 30.1. The van der Waals surface area contributed by atoms with Gasteiger partial charge in [-0.2, -0.15) is 0 Å². The minimum absolute atomic E-state index is 0.103. The number of rotatable bonds is 13. The van der Waals surface area contributed by atoms with E-state index in [-0.39, 0.29) is 10.4 Å². The molecule has 2 atom stereocenters. The predicted octanol–water partition coefficient (Wildman–Crippen LogP) is 4.10. The van der Waals surface area contributed by atoms with E-state index in [2.05, 4.69) is 9.97 Å². The van der Waals surface area contributed by atoms with Crippen molar-refractivity contribution in [2.24, 2.45) is 0 Å². The maximum Gasteiger partial charge on any atom is 0.317 e. The number of aliphatic carboxylic acids is 4. The maximum absolute atomic E-state index is 11.0. The molecule has 16 heteroatoms. The van der Waals surface area contributed by atoms with E-state index in [1.165, 1.54) is 7.11 Å². The highest BCUT2D eigenvalue weighted by Crippen LogP contribution is 2.33. The third-order valence-electron chi connectivity index (χ3n) is 4.99. The van der Waals surface area contributed by atoms with E-state index in [9.17, 15) is 19.2 Å². The van der Waals surface area contributed by atoms with Crippen LogP contribution in [0.15, 0.2) is 55.7 Å². The second-order valence-corrected chi connectivity index (χ2v) is 10.2. The first-order valence-electron chi connectivity index (χ1n) is 11.7. The number of ether oxygens (including phenoxy) is 2. The average molecular weight is 609 g/mol. The highest BCUT2D eigenvalue weighted by atomic mass is 32.2. The lowest BCUT2D eigenvalue weighted by Gasteiger charge is -2.05. The Hall–Kier alpha value is -4.44. The number of para-hydroxylation sites is 1. The number of fused-ring (bicyclic) bond motifs is 2. The molecule has 0 radical (unpaired) electrons. The number of hydrogen-bond donors (Lipinski definition) is 4. The van der Waals surface area contributed by atoms with Crippen molar-refractivity contribution in [1.82, 2.24) is 9.97 Å². The molecule has 2 unspecified atom stereocenters. The molecule has 0 aliphatic carbocycles. The van der Waals surface area contributed by atoms with E-state index in [1.807, 2.05) is 6.92 Å². The monoisotopic (exact) mass is 608 g/mol. The third-order valence-corrected chi connectivity index (χ3v) is 7.05. The summed E-state index contributed by atoms with van der Waals surface area (Å²) in [6.45, 7) is 2.29. The number of carboxylic acids is 4. The van der Waals surface area contributed by atoms with Crippen LogP contribution in [0.25, 0.3) is 22.2 Å². The van der Waals surface area contributed by atoms with Gasteiger partial charge >= 0.3 is 23.9 Å². The second-order valence-electron chi connectivity index (χ2n) is 7.92. The molecule has 41 heavy (non-hydrogen) atoms. The van der Waals surface area contributed by atoms with Crippen LogP contribution in [0.2, 0.25) is 0 Å². The molecular formula is C25H24N2O12S2. The van der Waals surface area contributed by atoms with Gasteiger partial charge < -0.3 is 38.7 Å². The van der Waals surface area contributed by atoms with Gasteiger partial charge in [-0.1, -0.05) is 29.6 Å². The van der Waals surface area contributed by atoms with Crippen LogP contribution < -0.4 is 9.47 Å². The number of carboxylic acid groups (broad SMARTS) is 4. The lowest BCUT2D eigenvalue weighted by atomic mass is 10.3. The van der Waals surface area contributed by atoms with Gasteiger partial charge in [-0.15, -0.1) is 0 Å². The third kappa shape index (κ3) is 8.77. The number of hydrogen-bond acceptors (Lipinski definition) is 12. The molecule has 0 bridgehead atoms. The van der Waals surface area contributed by atoms with E-state index < -0.39 is 47.2 Å². The van der Waals surface area contributed by atoms with Crippen molar-refractivity contribution in [3.63, 3.8) is 0 Å². The first-order chi connectivity index (χ1) is 19.5. The molecule has 2 heterocycles. The van der Waals surface area contributed by atoms with Crippen LogP contribution in [-0.4, -0.2) is 78.5 Å². The Labute approximate surface area is 239 Å². The molecule has 0 saturated carbocycles. The summed E-state index contributed by atoms with van der Waals surface area (Å²) >= 11 is 1.53. The van der Waals surface area contributed by atoms with Gasteiger partial charge in [0.05, 0.1) is 26.6 Å². The quantitative estimate of drug-likeness (QED) is 0.157. The van der Waals surface area contributed by atoms with Crippen LogP contribution >= 0.6 is 23.5 Å². The molecule has 0 aliphatic rings. The van der Waals surface area contributed by atoms with Gasteiger partial charge in [0, 0.05) is 6.07 Å². The van der Waals surface area contributed by atoms with Crippen molar-refractivity contribution in [2.45, 2.75) is 40.7 Å². The summed E-state index contributed by atoms with van der Waals surface area (Å²) in [5.41, 5.74) is 1.95. The summed E-state index contributed by atoms with van der Waals surface area (Å²) in [4.78, 5) is 51.6. The van der Waals surface area contributed by atoms with Crippen molar-refractivity contribution in [3.8, 4) is 11.5 Å². The zero-order valence-corrected chi connectivity index (χ0v) is 23.1. The number of benzene rings is 2. The zero-order valence-electron chi connectivity index (χ0n) is 21.5. The molecule has 0 fully saturated rings. The van der Waals surface area contributed by atoms with Gasteiger partial charge in [-0.3, -0.25) is 19.2 Å². The molecule has 0 saturated heterocycles. The molecule has 2 aromatic heterocycles. The Morgan fingerprint density at radius 2 is 1.44 bits per heavy atom. The summed E-state index contributed by atoms with van der Waals surface area (Å²) < 4.78 is 21.3. The summed E-state index contributed by atoms with van der Waals surface area (Å²) in [6, 6.07) is 10.2. The van der Waals surface area contributed by atoms with Crippen LogP contribution in [0.5, 0.6) is 11.5 Å². The highest BCUT2D eigenvalue weighted by Gasteiger charge is 2.26. The fourth-order valence-corrected chi connectivity index (χ4v) is 4.92. The number of aromatic nitrogens is 2. The lowest BCUT2D eigenvalue weighted by molar-refractivity contribution is -0.142. The Balaban J connectivity index is 0.000000226. The molecule has 4 N–H and O–H groups in total. The molecule has 2 aromatic carbocycles. The van der Waals surface area contributed by atoms with Gasteiger partial charge in [0.25, 0.3) is 10.4 Å². The van der Waals surface area contributed by atoms with E-state index >= 15 is 0 Å². The molecular weight excluding hydrogens is 584 g/mol. The number of oxazole rings is 2. The smallest absolute Gasteiger partial charge is 0.317 e. The molecule has 14 nitrogen and oxygen atoms in total. The molecule has 4 rings (SSSR count). The van der Waals surface area contributed by atoms with Crippen LogP contribution in [0.3, 0.4) is 0 Å². The Morgan fingerprint density at radius 3 is 1.98 bits per heavy atom. The van der Waals surface area contributed by atoms with E-state index in [0.717, 1.165) is 23.5 Å². The average Bonchev–Trinajstić information content (AvgIpc) is 3.51. The van der Waals surface area contributed by atoms with Crippen molar-refractivity contribution in [1.29, 1.82) is 0 Å². The topological polar surface area (TPSA) is 220 Å². The predicted molar refractivity (Wildman–Crippen MR) is 145 cm³/mol. The van der Waals surface area contributed by atoms with E-state index in [4.69, 9.17) is 38.7 Å². The van der Waals surface area contributed by atoms with Crippen LogP contribution in [0.4, 0.5) is 0 Å². The summed E-state index contributed by atoms with van der Waals surface area (Å²) in [7, 11) is 1.52. The fourth-order valence-electron chi connectivity index (χ4n) is 3.21. The largest absolute Gasteiger partial charge is 0.497 e. The molecule has 0 spiro atoms. The first kappa shape index (κ1) is 31.1. The highest BCUT2D eigenvalue weighted by molar-refractivity contribution is 8.00. The number of carbonyl (C=O) groups is 4. The van der Waals surface area contributed by atoms with Crippen molar-refractivity contribution >= 4 is 69.6 Å². The van der Waals surface area contributed by atoms with Crippen molar-refractivity contribution in [3.05, 3.63) is 36.4 Å². The molecule has 4 aromatic rings. The van der Waals surface area contributed by atoms with Gasteiger partial charge in [0.15, 0.2) is 16.9 Å². The van der Waals surface area contributed by atoms with Gasteiger partial charge in [0.1, 0.15) is 27.3 Å². The first-order valence-corrected chi connectivity index (χ1v) is 13.5. The van der Waals surface area contributed by atoms with E-state index in [0.29, 0.717) is 40.3 Å². The summed E-state index contributed by atoms with van der Waals surface area (Å²) in [6.07, 6.45) is -1.03. The van der Waals surface area contributed by atoms with E-state index in [1.54, 1.807) is 36.4 Å². The Morgan fingerprint density at radius 1 is 0.854 bits per heavy atom. The number of thioether (sulfide) groups is 2. The van der Waals surface area contributed by atoms with Crippen LogP contribution in [0.1, 0.15) is 19.8 Å².